The number of hydrogen-bond donors (Lipinski definition) is 2. The maximum atomic E-state index is 11.6. The van der Waals surface area contributed by atoms with E-state index in [1.165, 1.54) is 0 Å². The Bertz CT molecular complexity index is 443. The molecule has 1 amide bonds. The van der Waals surface area contributed by atoms with Gasteiger partial charge in [0.25, 0.3) is 5.91 Å². The van der Waals surface area contributed by atoms with Gasteiger partial charge < -0.3 is 16.0 Å². The molecule has 2 rings (SSSR count). The predicted molar refractivity (Wildman–Crippen MR) is 80.0 cm³/mol. The molecule has 1 fully saturated rings. The highest BCUT2D eigenvalue weighted by molar-refractivity contribution is 5.92. The van der Waals surface area contributed by atoms with Gasteiger partial charge in [-0.2, -0.15) is 0 Å². The van der Waals surface area contributed by atoms with Crippen LogP contribution >= 0.6 is 0 Å². The minimum atomic E-state index is -0.145. The second-order valence-electron chi connectivity index (χ2n) is 4.95. The van der Waals surface area contributed by atoms with Gasteiger partial charge in [-0.15, -0.1) is 0 Å². The highest BCUT2D eigenvalue weighted by Crippen LogP contribution is 2.16. The molecular weight excluding hydrogens is 254 g/mol. The molecule has 0 atom stereocenters. The zero-order valence-electron chi connectivity index (χ0n) is 12.0. The lowest BCUT2D eigenvalue weighted by molar-refractivity contribution is 0.0958. The molecule has 1 aromatic rings. The summed E-state index contributed by atoms with van der Waals surface area (Å²) in [5, 5.41) is 2.60. The van der Waals surface area contributed by atoms with E-state index in [4.69, 9.17) is 5.73 Å². The third-order valence-electron chi connectivity index (χ3n) is 3.62. The van der Waals surface area contributed by atoms with E-state index in [2.05, 4.69) is 20.1 Å². The van der Waals surface area contributed by atoms with E-state index in [0.717, 1.165) is 51.4 Å². The molecule has 0 spiro atoms. The molecule has 0 saturated carbocycles. The van der Waals surface area contributed by atoms with Gasteiger partial charge in [-0.3, -0.25) is 14.7 Å². The van der Waals surface area contributed by atoms with Crippen molar-refractivity contribution in [2.45, 2.75) is 6.42 Å². The number of aromatic nitrogens is 1. The number of anilines is 1. The van der Waals surface area contributed by atoms with Crippen molar-refractivity contribution in [2.75, 3.05) is 51.2 Å². The van der Waals surface area contributed by atoms with Gasteiger partial charge in [0.2, 0.25) is 0 Å². The number of nitrogens with one attached hydrogen (secondary N) is 1. The Balaban J connectivity index is 1.95. The second-order valence-corrected chi connectivity index (χ2v) is 4.95. The van der Waals surface area contributed by atoms with Gasteiger partial charge in [-0.1, -0.05) is 0 Å². The first-order valence-electron chi connectivity index (χ1n) is 7.10. The Kier molecular flexibility index (Phi) is 5.31. The van der Waals surface area contributed by atoms with E-state index in [1.54, 1.807) is 13.2 Å². The topological polar surface area (TPSA) is 74.5 Å². The van der Waals surface area contributed by atoms with Crippen molar-refractivity contribution in [1.29, 1.82) is 0 Å². The summed E-state index contributed by atoms with van der Waals surface area (Å²) in [5.74, 6) is -0.145. The standard InChI is InChI=1S/C14H23N5O/c1-16-14(20)13-11-12(3-5-17-13)19-9-7-18(8-10-19)6-2-4-15/h3,5,11H,2,4,6-10,15H2,1H3,(H,16,20). The quantitative estimate of drug-likeness (QED) is 0.787. The van der Waals surface area contributed by atoms with Crippen LogP contribution in [0.1, 0.15) is 16.9 Å². The number of hydrogen-bond acceptors (Lipinski definition) is 5. The third-order valence-corrected chi connectivity index (χ3v) is 3.62. The average Bonchev–Trinajstić information content (AvgIpc) is 2.52. The zero-order valence-corrected chi connectivity index (χ0v) is 12.0. The van der Waals surface area contributed by atoms with Crippen LogP contribution in [-0.2, 0) is 0 Å². The van der Waals surface area contributed by atoms with Crippen molar-refractivity contribution in [3.8, 4) is 0 Å². The highest BCUT2D eigenvalue weighted by atomic mass is 16.1. The summed E-state index contributed by atoms with van der Waals surface area (Å²) in [6.07, 6.45) is 2.75. The van der Waals surface area contributed by atoms with Crippen molar-refractivity contribution >= 4 is 11.6 Å². The van der Waals surface area contributed by atoms with Crippen LogP contribution in [0.25, 0.3) is 0 Å². The largest absolute Gasteiger partial charge is 0.369 e. The monoisotopic (exact) mass is 277 g/mol. The molecule has 1 aliphatic heterocycles. The van der Waals surface area contributed by atoms with Crippen LogP contribution in [0.15, 0.2) is 18.3 Å². The summed E-state index contributed by atoms with van der Waals surface area (Å²) >= 11 is 0. The third kappa shape index (κ3) is 3.68. The summed E-state index contributed by atoms with van der Waals surface area (Å²) in [7, 11) is 1.62. The summed E-state index contributed by atoms with van der Waals surface area (Å²) in [5.41, 5.74) is 7.08. The van der Waals surface area contributed by atoms with Gasteiger partial charge in [0, 0.05) is 45.1 Å². The molecule has 20 heavy (non-hydrogen) atoms. The lowest BCUT2D eigenvalue weighted by Gasteiger charge is -2.36. The summed E-state index contributed by atoms with van der Waals surface area (Å²) < 4.78 is 0. The van der Waals surface area contributed by atoms with E-state index < -0.39 is 0 Å². The first-order valence-corrected chi connectivity index (χ1v) is 7.10. The van der Waals surface area contributed by atoms with Crippen LogP contribution in [0, 0.1) is 0 Å². The fourth-order valence-corrected chi connectivity index (χ4v) is 2.41. The van der Waals surface area contributed by atoms with Gasteiger partial charge in [0.15, 0.2) is 0 Å². The van der Waals surface area contributed by atoms with Crippen molar-refractivity contribution in [3.05, 3.63) is 24.0 Å². The van der Waals surface area contributed by atoms with Crippen molar-refractivity contribution in [3.63, 3.8) is 0 Å². The maximum Gasteiger partial charge on any atom is 0.269 e. The van der Waals surface area contributed by atoms with Crippen molar-refractivity contribution in [1.82, 2.24) is 15.2 Å². The molecule has 1 aliphatic rings. The van der Waals surface area contributed by atoms with Crippen LogP contribution in [-0.4, -0.2) is 62.1 Å². The Labute approximate surface area is 120 Å². The minimum absolute atomic E-state index is 0.145. The molecule has 3 N–H and O–H groups in total. The van der Waals surface area contributed by atoms with Gasteiger partial charge in [0.05, 0.1) is 0 Å². The second kappa shape index (κ2) is 7.21. The molecule has 0 bridgehead atoms. The molecule has 6 nitrogen and oxygen atoms in total. The molecule has 0 unspecified atom stereocenters. The van der Waals surface area contributed by atoms with Crippen LogP contribution < -0.4 is 16.0 Å². The lowest BCUT2D eigenvalue weighted by Crippen LogP contribution is -2.47. The number of nitrogens with zero attached hydrogens (tertiary/aromatic N) is 3. The molecule has 1 saturated heterocycles. The molecule has 6 heteroatoms. The van der Waals surface area contributed by atoms with Crippen LogP contribution in [0.5, 0.6) is 0 Å². The summed E-state index contributed by atoms with van der Waals surface area (Å²) in [6.45, 7) is 5.85. The van der Waals surface area contributed by atoms with E-state index in [0.29, 0.717) is 5.69 Å². The van der Waals surface area contributed by atoms with E-state index in [-0.39, 0.29) is 5.91 Å². The number of piperazine rings is 1. The number of carbonyl (C=O) groups is 1. The van der Waals surface area contributed by atoms with E-state index in [9.17, 15) is 4.79 Å². The zero-order chi connectivity index (χ0) is 14.4. The molecule has 1 aromatic heterocycles. The molecule has 110 valence electrons. The van der Waals surface area contributed by atoms with Gasteiger partial charge in [0.1, 0.15) is 5.69 Å². The Morgan fingerprint density at radius 1 is 1.40 bits per heavy atom. The number of amides is 1. The number of pyridine rings is 1. The van der Waals surface area contributed by atoms with Gasteiger partial charge in [-0.05, 0) is 31.6 Å². The predicted octanol–water partition coefficient (Wildman–Crippen LogP) is -0.0880. The molecule has 0 aromatic carbocycles. The molecule has 0 radical (unpaired) electrons. The van der Waals surface area contributed by atoms with Crippen LogP contribution in [0.2, 0.25) is 0 Å². The van der Waals surface area contributed by atoms with E-state index in [1.807, 2.05) is 12.1 Å². The number of carbonyl (C=O) groups excluding carboxylic acids is 1. The van der Waals surface area contributed by atoms with E-state index >= 15 is 0 Å². The Hall–Kier alpha value is -1.66. The SMILES string of the molecule is CNC(=O)c1cc(N2CCN(CCCN)CC2)ccn1. The van der Waals surface area contributed by atoms with Gasteiger partial charge in [-0.25, -0.2) is 0 Å². The fraction of sp³-hybridized carbons (Fsp3) is 0.571. The smallest absolute Gasteiger partial charge is 0.269 e. The minimum Gasteiger partial charge on any atom is -0.369 e. The van der Waals surface area contributed by atoms with Crippen LogP contribution in [0.4, 0.5) is 5.69 Å². The molecule has 0 aliphatic carbocycles. The first kappa shape index (κ1) is 14.7. The lowest BCUT2D eigenvalue weighted by atomic mass is 10.2. The van der Waals surface area contributed by atoms with Crippen molar-refractivity contribution in [2.24, 2.45) is 5.73 Å². The Morgan fingerprint density at radius 2 is 2.15 bits per heavy atom. The van der Waals surface area contributed by atoms with Crippen molar-refractivity contribution < 1.29 is 4.79 Å². The Morgan fingerprint density at radius 3 is 2.80 bits per heavy atom. The average molecular weight is 277 g/mol. The number of rotatable bonds is 5. The summed E-state index contributed by atoms with van der Waals surface area (Å²) in [6, 6.07) is 3.82. The van der Waals surface area contributed by atoms with Gasteiger partial charge >= 0.3 is 0 Å². The highest BCUT2D eigenvalue weighted by Gasteiger charge is 2.17. The number of nitrogens with two attached hydrogens (primary N) is 1. The first-order chi connectivity index (χ1) is 9.74. The fourth-order valence-electron chi connectivity index (χ4n) is 2.41. The maximum absolute atomic E-state index is 11.6. The molecular formula is C14H23N5O. The molecule has 2 heterocycles. The van der Waals surface area contributed by atoms with Crippen LogP contribution in [0.3, 0.4) is 0 Å². The normalized spacial score (nSPS) is 16.2. The summed E-state index contributed by atoms with van der Waals surface area (Å²) in [4.78, 5) is 20.4.